The molecule has 0 atom stereocenters. The highest BCUT2D eigenvalue weighted by Crippen LogP contribution is 2.35. The van der Waals surface area contributed by atoms with E-state index in [1.165, 1.54) is 12.1 Å². The standard InChI is InChI=1S/C20H22N6O3S/c1-30(28,29)15-4-2-14(3-5-15)24-18-17-16(6-11-23-19(17)27)26(25-18)20(7-10-21)8-12-22-13-9-20/h2-6,11,22H,7-9,12-13H2,1H3,(H,23,27)(H,24,25). The predicted octanol–water partition coefficient (Wildman–Crippen LogP) is 1.86. The molecule has 1 aromatic carbocycles. The molecule has 3 aromatic rings. The molecule has 9 nitrogen and oxygen atoms in total. The second-order valence-electron chi connectivity index (χ2n) is 7.56. The highest BCUT2D eigenvalue weighted by atomic mass is 32.2. The van der Waals surface area contributed by atoms with Crippen molar-refractivity contribution in [2.75, 3.05) is 24.7 Å². The zero-order chi connectivity index (χ0) is 21.4. The zero-order valence-electron chi connectivity index (χ0n) is 16.5. The third-order valence-electron chi connectivity index (χ3n) is 5.54. The lowest BCUT2D eigenvalue weighted by Crippen LogP contribution is -2.44. The lowest BCUT2D eigenvalue weighted by atomic mass is 9.85. The number of H-pyrrole nitrogens is 1. The first-order valence-corrected chi connectivity index (χ1v) is 11.5. The summed E-state index contributed by atoms with van der Waals surface area (Å²) in [5.41, 5.74) is 0.490. The summed E-state index contributed by atoms with van der Waals surface area (Å²) in [5, 5.41) is 21.0. The number of nitrogens with zero attached hydrogens (tertiary/aromatic N) is 3. The topological polar surface area (TPSA) is 133 Å². The average molecular weight is 427 g/mol. The normalized spacial score (nSPS) is 16.3. The van der Waals surface area contributed by atoms with Gasteiger partial charge in [-0.1, -0.05) is 0 Å². The molecule has 1 fully saturated rings. The number of aromatic amines is 1. The van der Waals surface area contributed by atoms with Crippen LogP contribution in [0.1, 0.15) is 19.3 Å². The van der Waals surface area contributed by atoms with E-state index in [0.717, 1.165) is 32.2 Å². The third-order valence-corrected chi connectivity index (χ3v) is 6.67. The molecule has 10 heteroatoms. The van der Waals surface area contributed by atoms with Gasteiger partial charge in [-0.25, -0.2) is 8.42 Å². The van der Waals surface area contributed by atoms with Crippen molar-refractivity contribution in [3.8, 4) is 6.07 Å². The Balaban J connectivity index is 1.81. The van der Waals surface area contributed by atoms with Crippen LogP contribution in [0.3, 0.4) is 0 Å². The van der Waals surface area contributed by atoms with E-state index < -0.39 is 15.4 Å². The van der Waals surface area contributed by atoms with Crippen LogP contribution in [0.4, 0.5) is 11.5 Å². The van der Waals surface area contributed by atoms with Crippen LogP contribution < -0.4 is 16.2 Å². The Morgan fingerprint density at radius 1 is 1.23 bits per heavy atom. The van der Waals surface area contributed by atoms with Gasteiger partial charge >= 0.3 is 0 Å². The van der Waals surface area contributed by atoms with Crippen molar-refractivity contribution in [3.05, 3.63) is 46.9 Å². The molecule has 156 valence electrons. The number of aromatic nitrogens is 3. The minimum Gasteiger partial charge on any atom is -0.338 e. The van der Waals surface area contributed by atoms with E-state index in [-0.39, 0.29) is 10.5 Å². The molecule has 3 N–H and O–H groups in total. The number of hydrogen-bond acceptors (Lipinski definition) is 7. The van der Waals surface area contributed by atoms with E-state index in [4.69, 9.17) is 5.10 Å². The minimum absolute atomic E-state index is 0.212. The monoisotopic (exact) mass is 426 g/mol. The number of pyridine rings is 1. The molecule has 1 aliphatic rings. The maximum absolute atomic E-state index is 12.6. The molecular formula is C20H22N6O3S. The second kappa shape index (κ2) is 7.59. The summed E-state index contributed by atoms with van der Waals surface area (Å²) in [7, 11) is -3.30. The van der Waals surface area contributed by atoms with Gasteiger partial charge in [0, 0.05) is 18.1 Å². The van der Waals surface area contributed by atoms with Crippen molar-refractivity contribution in [1.82, 2.24) is 20.1 Å². The summed E-state index contributed by atoms with van der Waals surface area (Å²) in [4.78, 5) is 15.5. The number of benzene rings is 1. The van der Waals surface area contributed by atoms with Gasteiger partial charge < -0.3 is 15.6 Å². The number of anilines is 2. The van der Waals surface area contributed by atoms with E-state index in [1.54, 1.807) is 24.4 Å². The average Bonchev–Trinajstić information content (AvgIpc) is 3.09. The Morgan fingerprint density at radius 2 is 1.93 bits per heavy atom. The SMILES string of the molecule is CS(=O)(=O)c1ccc(Nc2nn(C3(CC#N)CCNCC3)c3cc[nH]c(=O)c23)cc1. The maximum Gasteiger partial charge on any atom is 0.261 e. The molecular weight excluding hydrogens is 404 g/mol. The van der Waals surface area contributed by atoms with E-state index in [0.29, 0.717) is 28.8 Å². The fraction of sp³-hybridized carbons (Fsp3) is 0.350. The van der Waals surface area contributed by atoms with Gasteiger partial charge in [-0.3, -0.25) is 9.48 Å². The second-order valence-corrected chi connectivity index (χ2v) is 9.57. The number of piperidine rings is 1. The summed E-state index contributed by atoms with van der Waals surface area (Å²) in [6.45, 7) is 1.53. The molecule has 30 heavy (non-hydrogen) atoms. The fourth-order valence-corrected chi connectivity index (χ4v) is 4.58. The highest BCUT2D eigenvalue weighted by molar-refractivity contribution is 7.90. The maximum atomic E-state index is 12.6. The van der Waals surface area contributed by atoms with Gasteiger partial charge in [0.05, 0.1) is 28.4 Å². The van der Waals surface area contributed by atoms with Crippen molar-refractivity contribution >= 4 is 32.2 Å². The molecule has 1 saturated heterocycles. The minimum atomic E-state index is -3.30. The number of nitrogens with one attached hydrogen (secondary N) is 3. The van der Waals surface area contributed by atoms with Gasteiger partial charge in [-0.15, -0.1) is 0 Å². The largest absolute Gasteiger partial charge is 0.338 e. The summed E-state index contributed by atoms with van der Waals surface area (Å²) in [6.07, 6.45) is 4.48. The number of fused-ring (bicyclic) bond motifs is 1. The van der Waals surface area contributed by atoms with Crippen molar-refractivity contribution in [2.24, 2.45) is 0 Å². The van der Waals surface area contributed by atoms with E-state index in [2.05, 4.69) is 21.7 Å². The summed E-state index contributed by atoms with van der Waals surface area (Å²) in [6, 6.07) is 10.4. The molecule has 0 amide bonds. The number of nitriles is 1. The van der Waals surface area contributed by atoms with E-state index in [9.17, 15) is 18.5 Å². The van der Waals surface area contributed by atoms with Crippen molar-refractivity contribution in [1.29, 1.82) is 5.26 Å². The molecule has 1 aliphatic heterocycles. The van der Waals surface area contributed by atoms with Crippen LogP contribution in [0.5, 0.6) is 0 Å². The summed E-state index contributed by atoms with van der Waals surface area (Å²) >= 11 is 0. The number of sulfone groups is 1. The van der Waals surface area contributed by atoms with Crippen LogP contribution in [-0.4, -0.2) is 42.5 Å². The first-order valence-electron chi connectivity index (χ1n) is 9.60. The Labute approximate surface area is 173 Å². The lowest BCUT2D eigenvalue weighted by Gasteiger charge is -2.36. The first kappa shape index (κ1) is 20.1. The Morgan fingerprint density at radius 3 is 2.57 bits per heavy atom. The number of hydrogen-bond donors (Lipinski definition) is 3. The Kier molecular flexibility index (Phi) is 5.09. The van der Waals surface area contributed by atoms with E-state index >= 15 is 0 Å². The van der Waals surface area contributed by atoms with Gasteiger partial charge in [-0.05, 0) is 56.3 Å². The van der Waals surface area contributed by atoms with Crippen LogP contribution in [0.15, 0.2) is 46.2 Å². The highest BCUT2D eigenvalue weighted by Gasteiger charge is 2.37. The van der Waals surface area contributed by atoms with Gasteiger partial charge in [0.1, 0.15) is 5.39 Å². The molecule has 0 unspecified atom stereocenters. The van der Waals surface area contributed by atoms with E-state index in [1.807, 2.05) is 4.68 Å². The van der Waals surface area contributed by atoms with Gasteiger partial charge in [0.15, 0.2) is 15.7 Å². The third kappa shape index (κ3) is 3.58. The molecule has 0 spiro atoms. The quantitative estimate of drug-likeness (QED) is 0.567. The summed E-state index contributed by atoms with van der Waals surface area (Å²) < 4.78 is 25.2. The Bertz CT molecular complexity index is 1280. The molecule has 0 aliphatic carbocycles. The summed E-state index contributed by atoms with van der Waals surface area (Å²) in [5.74, 6) is 0.370. The van der Waals surface area contributed by atoms with Crippen molar-refractivity contribution in [3.63, 3.8) is 0 Å². The lowest BCUT2D eigenvalue weighted by molar-refractivity contribution is 0.197. The van der Waals surface area contributed by atoms with Gasteiger partial charge in [-0.2, -0.15) is 10.4 Å². The van der Waals surface area contributed by atoms with Crippen LogP contribution >= 0.6 is 0 Å². The van der Waals surface area contributed by atoms with Crippen LogP contribution in [0.25, 0.3) is 10.9 Å². The molecule has 0 saturated carbocycles. The molecule has 2 aromatic heterocycles. The zero-order valence-corrected chi connectivity index (χ0v) is 17.3. The van der Waals surface area contributed by atoms with Crippen LogP contribution in [-0.2, 0) is 15.4 Å². The fourth-order valence-electron chi connectivity index (χ4n) is 3.95. The Hall–Kier alpha value is -3.16. The molecule has 0 radical (unpaired) electrons. The van der Waals surface area contributed by atoms with Gasteiger partial charge in [0.2, 0.25) is 0 Å². The molecule has 3 heterocycles. The van der Waals surface area contributed by atoms with Crippen LogP contribution in [0, 0.1) is 11.3 Å². The smallest absolute Gasteiger partial charge is 0.261 e. The molecule has 0 bridgehead atoms. The first-order chi connectivity index (χ1) is 14.3. The van der Waals surface area contributed by atoms with Crippen LogP contribution in [0.2, 0.25) is 0 Å². The van der Waals surface area contributed by atoms with Gasteiger partial charge in [0.25, 0.3) is 5.56 Å². The molecule has 4 rings (SSSR count). The van der Waals surface area contributed by atoms with Crippen molar-refractivity contribution < 1.29 is 8.42 Å². The number of rotatable bonds is 5. The van der Waals surface area contributed by atoms with Crippen molar-refractivity contribution in [2.45, 2.75) is 29.7 Å². The predicted molar refractivity (Wildman–Crippen MR) is 113 cm³/mol.